The van der Waals surface area contributed by atoms with Gasteiger partial charge in [-0.25, -0.2) is 4.79 Å². The first-order valence-electron chi connectivity index (χ1n) is 12.0. The number of aromatic nitrogens is 4. The van der Waals surface area contributed by atoms with Crippen LogP contribution in [0.5, 0.6) is 11.5 Å². The quantitative estimate of drug-likeness (QED) is 0.312. The number of carboxylic acid groups (broad SMARTS) is 1. The summed E-state index contributed by atoms with van der Waals surface area (Å²) in [6.07, 6.45) is 3.54. The highest BCUT2D eigenvalue weighted by molar-refractivity contribution is 6.30. The van der Waals surface area contributed by atoms with E-state index in [-0.39, 0.29) is 19.3 Å². The van der Waals surface area contributed by atoms with E-state index in [1.807, 2.05) is 54.7 Å². The van der Waals surface area contributed by atoms with Gasteiger partial charge in [0.2, 0.25) is 0 Å². The largest absolute Gasteiger partial charge is 0.493 e. The molecule has 11 heteroatoms. The lowest BCUT2D eigenvalue weighted by atomic mass is 9.98. The van der Waals surface area contributed by atoms with Crippen molar-refractivity contribution in [2.45, 2.75) is 31.8 Å². The Balaban J connectivity index is 1.47. The summed E-state index contributed by atoms with van der Waals surface area (Å²) in [5.41, 5.74) is 4.23. The molecule has 1 N–H and O–H groups in total. The molecule has 0 saturated carbocycles. The fourth-order valence-corrected chi connectivity index (χ4v) is 4.90. The average Bonchev–Trinajstić information content (AvgIpc) is 3.56. The third kappa shape index (κ3) is 5.24. The summed E-state index contributed by atoms with van der Waals surface area (Å²) < 4.78 is 27.1. The standard InChI is InChI=1S/C27H27ClN4O6/c1-35-24-7-3-5-19(27(24)36-2)26-20-13-17(28)8-9-21(20)32-11-4-6-22(32)23(38-26)10-12-31-14-18(29-30-31)15-37-16-25(33)34/h3-9,11,13-14,23,26H,10,12,15-16H2,1-2H3,(H,33,34)/t23-,26-/m1/s1. The number of carbonyl (C=O) groups is 1. The Morgan fingerprint density at radius 3 is 2.79 bits per heavy atom. The van der Waals surface area contributed by atoms with Gasteiger partial charge in [0.05, 0.1) is 38.4 Å². The minimum Gasteiger partial charge on any atom is -0.493 e. The van der Waals surface area contributed by atoms with E-state index < -0.39 is 12.1 Å². The molecule has 0 bridgehead atoms. The Bertz CT molecular complexity index is 1430. The molecule has 4 aromatic rings. The van der Waals surface area contributed by atoms with Crippen molar-refractivity contribution in [3.05, 3.63) is 88.5 Å². The normalized spacial score (nSPS) is 16.4. The maximum absolute atomic E-state index is 10.7. The van der Waals surface area contributed by atoms with Crippen LogP contribution in [0.4, 0.5) is 0 Å². The predicted octanol–water partition coefficient (Wildman–Crippen LogP) is 4.59. The molecule has 3 heterocycles. The van der Waals surface area contributed by atoms with Crippen molar-refractivity contribution in [1.82, 2.24) is 19.6 Å². The molecule has 0 unspecified atom stereocenters. The van der Waals surface area contributed by atoms with Gasteiger partial charge in [-0.2, -0.15) is 0 Å². The van der Waals surface area contributed by atoms with Gasteiger partial charge in [0.15, 0.2) is 11.5 Å². The van der Waals surface area contributed by atoms with Crippen LogP contribution in [0.25, 0.3) is 5.69 Å². The van der Waals surface area contributed by atoms with E-state index in [0.717, 1.165) is 22.5 Å². The van der Waals surface area contributed by atoms with Crippen LogP contribution < -0.4 is 9.47 Å². The van der Waals surface area contributed by atoms with Crippen molar-refractivity contribution in [2.75, 3.05) is 20.8 Å². The van der Waals surface area contributed by atoms with Crippen molar-refractivity contribution in [3.63, 3.8) is 0 Å². The van der Waals surface area contributed by atoms with Crippen LogP contribution in [0.3, 0.4) is 0 Å². The zero-order chi connectivity index (χ0) is 26.6. The molecule has 198 valence electrons. The maximum Gasteiger partial charge on any atom is 0.329 e. The lowest BCUT2D eigenvalue weighted by Gasteiger charge is -2.25. The van der Waals surface area contributed by atoms with Crippen LogP contribution in [0, 0.1) is 0 Å². The Morgan fingerprint density at radius 1 is 1.13 bits per heavy atom. The molecule has 2 aromatic heterocycles. The number of aliphatic carboxylic acids is 1. The van der Waals surface area contributed by atoms with E-state index in [9.17, 15) is 4.79 Å². The van der Waals surface area contributed by atoms with E-state index in [1.165, 1.54) is 0 Å². The SMILES string of the molecule is COc1cccc([C@H]2O[C@H](CCn3cc(COCC(=O)O)nn3)c3cccn3-c3ccc(Cl)cc32)c1OC. The van der Waals surface area contributed by atoms with Gasteiger partial charge in [-0.15, -0.1) is 5.10 Å². The monoisotopic (exact) mass is 538 g/mol. The predicted molar refractivity (Wildman–Crippen MR) is 138 cm³/mol. The highest BCUT2D eigenvalue weighted by atomic mass is 35.5. The smallest absolute Gasteiger partial charge is 0.329 e. The fourth-order valence-electron chi connectivity index (χ4n) is 4.72. The average molecular weight is 539 g/mol. The number of hydrogen-bond acceptors (Lipinski definition) is 7. The molecular weight excluding hydrogens is 512 g/mol. The van der Waals surface area contributed by atoms with Crippen LogP contribution in [-0.2, 0) is 27.4 Å². The molecule has 10 nitrogen and oxygen atoms in total. The molecule has 1 aliphatic heterocycles. The first-order chi connectivity index (χ1) is 18.5. The molecule has 0 spiro atoms. The van der Waals surface area contributed by atoms with Crippen molar-refractivity contribution in [1.29, 1.82) is 0 Å². The maximum atomic E-state index is 10.7. The number of carboxylic acids is 1. The van der Waals surface area contributed by atoms with E-state index in [0.29, 0.717) is 35.2 Å². The molecule has 1 aliphatic rings. The number of aryl methyl sites for hydroxylation is 1. The van der Waals surface area contributed by atoms with Crippen LogP contribution in [-0.4, -0.2) is 51.5 Å². The van der Waals surface area contributed by atoms with Gasteiger partial charge in [0.25, 0.3) is 0 Å². The summed E-state index contributed by atoms with van der Waals surface area (Å²) in [5.74, 6) is 0.173. The number of hydrogen-bond donors (Lipinski definition) is 1. The molecule has 5 rings (SSSR count). The van der Waals surface area contributed by atoms with E-state index in [1.54, 1.807) is 25.1 Å². The molecule has 38 heavy (non-hydrogen) atoms. The number of ether oxygens (including phenoxy) is 4. The van der Waals surface area contributed by atoms with Crippen molar-refractivity contribution >= 4 is 17.6 Å². The van der Waals surface area contributed by atoms with Gasteiger partial charge < -0.3 is 28.6 Å². The molecule has 0 fully saturated rings. The Morgan fingerprint density at radius 2 is 2.00 bits per heavy atom. The van der Waals surface area contributed by atoms with Crippen molar-refractivity contribution in [3.8, 4) is 17.2 Å². The highest BCUT2D eigenvalue weighted by Gasteiger charge is 2.32. The summed E-state index contributed by atoms with van der Waals surface area (Å²) in [5, 5.41) is 17.6. The Hall–Kier alpha value is -3.86. The number of benzene rings is 2. The molecule has 0 amide bonds. The van der Waals surface area contributed by atoms with E-state index >= 15 is 0 Å². The Labute approximate surface area is 224 Å². The van der Waals surface area contributed by atoms with Gasteiger partial charge >= 0.3 is 5.97 Å². The molecule has 0 saturated heterocycles. The van der Waals surface area contributed by atoms with Crippen LogP contribution >= 0.6 is 11.6 Å². The van der Waals surface area contributed by atoms with E-state index in [4.69, 9.17) is 35.7 Å². The minimum absolute atomic E-state index is 0.0723. The molecular formula is C27H27ClN4O6. The second-order valence-corrected chi connectivity index (χ2v) is 9.18. The minimum atomic E-state index is -1.03. The number of nitrogens with zero attached hydrogens (tertiary/aromatic N) is 4. The summed E-state index contributed by atoms with van der Waals surface area (Å²) in [6, 6.07) is 15.5. The van der Waals surface area contributed by atoms with Gasteiger partial charge in [0, 0.05) is 28.9 Å². The third-order valence-corrected chi connectivity index (χ3v) is 6.58. The van der Waals surface area contributed by atoms with Crippen LogP contribution in [0.1, 0.15) is 41.1 Å². The number of halogens is 1. The van der Waals surface area contributed by atoms with Crippen molar-refractivity contribution < 1.29 is 28.8 Å². The molecule has 2 aromatic carbocycles. The lowest BCUT2D eigenvalue weighted by Crippen LogP contribution is -2.14. The topological polar surface area (TPSA) is 110 Å². The summed E-state index contributed by atoms with van der Waals surface area (Å²) in [7, 11) is 3.22. The van der Waals surface area contributed by atoms with Gasteiger partial charge in [0.1, 0.15) is 24.5 Å². The highest BCUT2D eigenvalue weighted by Crippen LogP contribution is 2.46. The van der Waals surface area contributed by atoms with Crippen molar-refractivity contribution in [2.24, 2.45) is 0 Å². The first kappa shape index (κ1) is 25.8. The van der Waals surface area contributed by atoms with E-state index in [2.05, 4.69) is 14.9 Å². The zero-order valence-corrected chi connectivity index (χ0v) is 21.7. The fraction of sp³-hybridized carbons (Fsp3) is 0.296. The molecule has 0 aliphatic carbocycles. The Kier molecular flexibility index (Phi) is 7.64. The van der Waals surface area contributed by atoms with Gasteiger partial charge in [-0.3, -0.25) is 4.68 Å². The summed E-state index contributed by atoms with van der Waals surface area (Å²) in [6.45, 7) is 0.198. The lowest BCUT2D eigenvalue weighted by molar-refractivity contribution is -0.142. The second-order valence-electron chi connectivity index (χ2n) is 8.74. The molecule has 2 atom stereocenters. The van der Waals surface area contributed by atoms with Crippen LogP contribution in [0.15, 0.2) is 60.9 Å². The number of fused-ring (bicyclic) bond motifs is 3. The zero-order valence-electron chi connectivity index (χ0n) is 20.9. The summed E-state index contributed by atoms with van der Waals surface area (Å²) >= 11 is 6.47. The second kappa shape index (κ2) is 11.3. The van der Waals surface area contributed by atoms with Gasteiger partial charge in [-0.1, -0.05) is 28.9 Å². The third-order valence-electron chi connectivity index (χ3n) is 6.34. The first-order valence-corrected chi connectivity index (χ1v) is 12.4. The number of para-hydroxylation sites is 1. The number of rotatable bonds is 10. The van der Waals surface area contributed by atoms with Gasteiger partial charge in [-0.05, 0) is 42.8 Å². The van der Waals surface area contributed by atoms with Crippen LogP contribution in [0.2, 0.25) is 5.02 Å². The molecule has 0 radical (unpaired) electrons. The summed E-state index contributed by atoms with van der Waals surface area (Å²) in [4.78, 5) is 10.7. The number of methoxy groups -OCH3 is 2.